The summed E-state index contributed by atoms with van der Waals surface area (Å²) in [5.74, 6) is 2.95. The highest BCUT2D eigenvalue weighted by Crippen LogP contribution is 2.68. The zero-order valence-corrected chi connectivity index (χ0v) is 20.7. The molecule has 2 fully saturated rings. The first-order valence-electron chi connectivity index (χ1n) is 12.8. The molecule has 5 rings (SSSR count). The number of hydrogen-bond donors (Lipinski definition) is 1. The largest absolute Gasteiger partial charge is 0.393 e. The van der Waals surface area contributed by atoms with E-state index in [0.717, 1.165) is 48.3 Å². The van der Waals surface area contributed by atoms with Gasteiger partial charge in [-0.2, -0.15) is 0 Å². The lowest BCUT2D eigenvalue weighted by atomic mass is 9.45. The van der Waals surface area contributed by atoms with Crippen LogP contribution in [0, 0.1) is 34.5 Å². The summed E-state index contributed by atoms with van der Waals surface area (Å²) in [6.07, 6.45) is 19.8. The molecule has 2 saturated carbocycles. The molecule has 1 nitrogen and oxygen atoms in total. The van der Waals surface area contributed by atoms with Crippen molar-refractivity contribution in [2.45, 2.75) is 91.6 Å². The summed E-state index contributed by atoms with van der Waals surface area (Å²) in [7, 11) is 0. The lowest BCUT2D eigenvalue weighted by Gasteiger charge is -2.60. The van der Waals surface area contributed by atoms with E-state index in [1.807, 2.05) is 0 Å². The van der Waals surface area contributed by atoms with Crippen molar-refractivity contribution in [3.05, 3.63) is 46.6 Å². The Hall–Kier alpha value is -0.990. The Morgan fingerprint density at radius 3 is 2.55 bits per heavy atom. The van der Waals surface area contributed by atoms with E-state index in [0.29, 0.717) is 11.3 Å². The number of allylic oxidation sites excluding steroid dienone is 7. The zero-order chi connectivity index (χ0) is 22.0. The molecule has 0 spiro atoms. The summed E-state index contributed by atoms with van der Waals surface area (Å²) < 4.78 is 0. The molecule has 0 amide bonds. The van der Waals surface area contributed by atoms with Gasteiger partial charge in [-0.25, -0.2) is 0 Å². The topological polar surface area (TPSA) is 20.2 Å². The van der Waals surface area contributed by atoms with Gasteiger partial charge in [0.1, 0.15) is 0 Å². The van der Waals surface area contributed by atoms with E-state index in [1.165, 1.54) is 37.7 Å². The Balaban J connectivity index is 1.57. The molecule has 1 N–H and O–H groups in total. The molecule has 5 aliphatic rings. The van der Waals surface area contributed by atoms with E-state index < -0.39 is 0 Å². The highest BCUT2D eigenvalue weighted by Gasteiger charge is 2.59. The summed E-state index contributed by atoms with van der Waals surface area (Å²) in [5.41, 5.74) is 6.95. The molecule has 0 radical (unpaired) electrons. The van der Waals surface area contributed by atoms with Gasteiger partial charge in [0, 0.05) is 11.3 Å². The third-order valence-electron chi connectivity index (χ3n) is 10.1. The molecule has 0 aromatic heterocycles. The van der Waals surface area contributed by atoms with Crippen LogP contribution in [0.3, 0.4) is 0 Å². The summed E-state index contributed by atoms with van der Waals surface area (Å²) in [5, 5.41) is 10.4. The number of hydrogen-bond acceptors (Lipinski definition) is 2. The fraction of sp³-hybridized carbons (Fsp3) is 0.690. The zero-order valence-electron chi connectivity index (χ0n) is 19.9. The van der Waals surface area contributed by atoms with Gasteiger partial charge < -0.3 is 5.11 Å². The molecule has 2 heteroatoms. The predicted octanol–water partition coefficient (Wildman–Crippen LogP) is 7.52. The smallest absolute Gasteiger partial charge is 0.0577 e. The molecule has 168 valence electrons. The fourth-order valence-corrected chi connectivity index (χ4v) is 8.80. The van der Waals surface area contributed by atoms with Crippen molar-refractivity contribution in [3.8, 4) is 0 Å². The van der Waals surface area contributed by atoms with Crippen molar-refractivity contribution in [3.63, 3.8) is 0 Å². The molecular weight excluding hydrogens is 396 g/mol. The minimum atomic E-state index is -0.123. The van der Waals surface area contributed by atoms with Gasteiger partial charge in [0.15, 0.2) is 0 Å². The Bertz CT molecular complexity index is 904. The highest BCUT2D eigenvalue weighted by atomic mass is 32.1. The molecule has 0 aromatic rings. The average molecular weight is 437 g/mol. The molecule has 5 aliphatic carbocycles. The van der Waals surface area contributed by atoms with Crippen LogP contribution in [-0.2, 0) is 0 Å². The van der Waals surface area contributed by atoms with E-state index in [4.69, 9.17) is 12.2 Å². The first kappa shape index (κ1) is 21.8. The quantitative estimate of drug-likeness (QED) is 0.365. The van der Waals surface area contributed by atoms with Crippen LogP contribution >= 0.6 is 12.2 Å². The summed E-state index contributed by atoms with van der Waals surface area (Å²) in [4.78, 5) is 1.09. The number of aliphatic hydroxyl groups is 1. The standard InChI is InChI=1S/C29H40OS/c1-5-18-14-21-17-22(30)10-12-28(21,3)24-11-13-29(4)25(26(18)24)16-19(6-2)27(29)20-8-7-9-23(31)15-20/h7-8,14-15,18,22,24-26,30H,5-6,9-13,16-17H2,1-4H3/t18-,22-,24-,25-,26+,28-,29-/m0/s1. The van der Waals surface area contributed by atoms with E-state index in [1.54, 1.807) is 16.7 Å². The Morgan fingerprint density at radius 1 is 1.06 bits per heavy atom. The van der Waals surface area contributed by atoms with E-state index >= 15 is 0 Å². The van der Waals surface area contributed by atoms with Gasteiger partial charge in [0.05, 0.1) is 6.10 Å². The van der Waals surface area contributed by atoms with Crippen molar-refractivity contribution in [2.75, 3.05) is 0 Å². The normalized spacial score (nSPS) is 44.4. The van der Waals surface area contributed by atoms with Gasteiger partial charge in [-0.1, -0.05) is 69.3 Å². The second-order valence-corrected chi connectivity index (χ2v) is 12.1. The van der Waals surface area contributed by atoms with Crippen molar-refractivity contribution in [1.29, 1.82) is 0 Å². The molecule has 0 unspecified atom stereocenters. The fourth-order valence-electron chi connectivity index (χ4n) is 8.57. The molecule has 0 aliphatic heterocycles. The summed E-state index contributed by atoms with van der Waals surface area (Å²) in [6.45, 7) is 9.89. The Labute approximate surface area is 194 Å². The molecule has 0 bridgehead atoms. The molecule has 7 atom stereocenters. The van der Waals surface area contributed by atoms with Crippen LogP contribution in [0.25, 0.3) is 0 Å². The first-order chi connectivity index (χ1) is 14.8. The van der Waals surface area contributed by atoms with Crippen molar-refractivity contribution in [2.24, 2.45) is 34.5 Å². The molecular formula is C29H40OS. The van der Waals surface area contributed by atoms with Gasteiger partial charge in [-0.15, -0.1) is 0 Å². The minimum Gasteiger partial charge on any atom is -0.393 e. The van der Waals surface area contributed by atoms with Crippen molar-refractivity contribution >= 4 is 17.1 Å². The number of aliphatic hydroxyl groups excluding tert-OH is 1. The monoisotopic (exact) mass is 436 g/mol. The maximum atomic E-state index is 10.4. The van der Waals surface area contributed by atoms with Crippen LogP contribution in [0.4, 0.5) is 0 Å². The van der Waals surface area contributed by atoms with Crippen LogP contribution in [0.15, 0.2) is 46.6 Å². The molecule has 0 saturated heterocycles. The molecule has 31 heavy (non-hydrogen) atoms. The Kier molecular flexibility index (Phi) is 5.50. The summed E-state index contributed by atoms with van der Waals surface area (Å²) in [6, 6.07) is 0. The minimum absolute atomic E-state index is 0.123. The molecule has 0 heterocycles. The van der Waals surface area contributed by atoms with Gasteiger partial charge in [-0.3, -0.25) is 0 Å². The van der Waals surface area contributed by atoms with Crippen LogP contribution in [0.1, 0.15) is 85.5 Å². The van der Waals surface area contributed by atoms with Gasteiger partial charge >= 0.3 is 0 Å². The van der Waals surface area contributed by atoms with Crippen LogP contribution < -0.4 is 0 Å². The van der Waals surface area contributed by atoms with E-state index in [-0.39, 0.29) is 11.5 Å². The lowest BCUT2D eigenvalue weighted by molar-refractivity contribution is -0.0513. The second-order valence-electron chi connectivity index (χ2n) is 11.5. The third kappa shape index (κ3) is 3.22. The number of thiocarbonyl (C=S) groups is 1. The van der Waals surface area contributed by atoms with Gasteiger partial charge in [0.25, 0.3) is 0 Å². The van der Waals surface area contributed by atoms with E-state index in [2.05, 4.69) is 52.0 Å². The summed E-state index contributed by atoms with van der Waals surface area (Å²) >= 11 is 5.62. The van der Waals surface area contributed by atoms with Gasteiger partial charge in [0.2, 0.25) is 0 Å². The van der Waals surface area contributed by atoms with E-state index in [9.17, 15) is 5.11 Å². The van der Waals surface area contributed by atoms with Crippen LogP contribution in [-0.4, -0.2) is 16.1 Å². The average Bonchev–Trinajstić information content (AvgIpc) is 3.06. The maximum Gasteiger partial charge on any atom is 0.0577 e. The van der Waals surface area contributed by atoms with Crippen LogP contribution in [0.5, 0.6) is 0 Å². The predicted molar refractivity (Wildman–Crippen MR) is 134 cm³/mol. The lowest BCUT2D eigenvalue weighted by Crippen LogP contribution is -2.52. The maximum absolute atomic E-state index is 10.4. The van der Waals surface area contributed by atoms with Crippen molar-refractivity contribution in [1.82, 2.24) is 0 Å². The Morgan fingerprint density at radius 2 is 1.84 bits per heavy atom. The van der Waals surface area contributed by atoms with Gasteiger partial charge in [-0.05, 0) is 103 Å². The van der Waals surface area contributed by atoms with Crippen molar-refractivity contribution < 1.29 is 5.11 Å². The van der Waals surface area contributed by atoms with Crippen LogP contribution in [0.2, 0.25) is 0 Å². The number of fused-ring (bicyclic) bond motifs is 5. The SMILES string of the molecule is CCC1=C(C2=CC(=S)CC=C2)[C@@]2(C)CC[C@H]3[C@@H]([C@@H](CC)C=C4C[C@@H](O)CC[C@@]43C)[C@@H]2C1. The highest BCUT2D eigenvalue weighted by molar-refractivity contribution is 7.80. The number of rotatable bonds is 3. The second kappa shape index (κ2) is 7.80. The first-order valence-corrected chi connectivity index (χ1v) is 13.3. The third-order valence-corrected chi connectivity index (χ3v) is 10.4. The molecule has 0 aromatic carbocycles.